The molecule has 1 fully saturated rings. The monoisotopic (exact) mass is 232 g/mol. The van der Waals surface area contributed by atoms with Gasteiger partial charge < -0.3 is 10.6 Å². The molecule has 0 aliphatic carbocycles. The van der Waals surface area contributed by atoms with E-state index >= 15 is 0 Å². The van der Waals surface area contributed by atoms with Crippen LogP contribution in [0.25, 0.3) is 0 Å². The van der Waals surface area contributed by atoms with Crippen LogP contribution < -0.4 is 10.6 Å². The second-order valence-electron chi connectivity index (χ2n) is 5.59. The summed E-state index contributed by atoms with van der Waals surface area (Å²) in [7, 11) is 0. The van der Waals surface area contributed by atoms with Crippen molar-refractivity contribution in [1.82, 2.24) is 0 Å². The molecule has 2 heteroatoms. The lowest BCUT2D eigenvalue weighted by Crippen LogP contribution is -2.38. The molecule has 0 bridgehead atoms. The third-order valence-corrected chi connectivity index (χ3v) is 3.74. The van der Waals surface area contributed by atoms with Gasteiger partial charge in [-0.05, 0) is 48.4 Å². The largest absolute Gasteiger partial charge is 0.399 e. The third kappa shape index (κ3) is 2.74. The van der Waals surface area contributed by atoms with Crippen molar-refractivity contribution < 1.29 is 0 Å². The predicted octanol–water partition coefficient (Wildman–Crippen LogP) is 3.31. The van der Waals surface area contributed by atoms with Gasteiger partial charge >= 0.3 is 0 Å². The van der Waals surface area contributed by atoms with Crippen molar-refractivity contribution in [2.75, 3.05) is 23.7 Å². The van der Waals surface area contributed by atoms with Crippen molar-refractivity contribution in [2.24, 2.45) is 11.8 Å². The van der Waals surface area contributed by atoms with E-state index < -0.39 is 0 Å². The maximum Gasteiger partial charge on any atom is 0.0370 e. The average molecular weight is 232 g/mol. The van der Waals surface area contributed by atoms with Crippen LogP contribution in [0.15, 0.2) is 18.2 Å². The normalized spacial score (nSPS) is 25.0. The number of hydrogen-bond acceptors (Lipinski definition) is 2. The van der Waals surface area contributed by atoms with E-state index in [0.29, 0.717) is 0 Å². The van der Waals surface area contributed by atoms with E-state index in [2.05, 4.69) is 43.9 Å². The summed E-state index contributed by atoms with van der Waals surface area (Å²) in [6, 6.07) is 6.48. The zero-order valence-electron chi connectivity index (χ0n) is 11.2. The molecule has 1 aromatic carbocycles. The topological polar surface area (TPSA) is 29.3 Å². The smallest absolute Gasteiger partial charge is 0.0370 e. The molecule has 17 heavy (non-hydrogen) atoms. The van der Waals surface area contributed by atoms with E-state index in [-0.39, 0.29) is 0 Å². The zero-order valence-corrected chi connectivity index (χ0v) is 11.2. The van der Waals surface area contributed by atoms with Crippen LogP contribution in [0, 0.1) is 11.8 Å². The number of nitrogens with two attached hydrogens (primary N) is 1. The number of rotatable bonds is 2. The van der Waals surface area contributed by atoms with Crippen LogP contribution >= 0.6 is 0 Å². The summed E-state index contributed by atoms with van der Waals surface area (Å²) in [5, 5.41) is 0. The SMILES string of the molecule is CCc1cc(N2CC(C)CC(C)C2)ccc1N. The highest BCUT2D eigenvalue weighted by Gasteiger charge is 2.22. The number of nitrogen functional groups attached to an aromatic ring is 1. The Morgan fingerprint density at radius 2 is 1.88 bits per heavy atom. The Labute approximate surface area is 105 Å². The minimum atomic E-state index is 0.793. The Morgan fingerprint density at radius 1 is 1.24 bits per heavy atom. The number of nitrogens with zero attached hydrogens (tertiary/aromatic N) is 1. The zero-order chi connectivity index (χ0) is 12.4. The molecule has 1 saturated heterocycles. The average Bonchev–Trinajstić information content (AvgIpc) is 2.28. The number of hydrogen-bond donors (Lipinski definition) is 1. The van der Waals surface area contributed by atoms with Crippen molar-refractivity contribution in [3.05, 3.63) is 23.8 Å². The van der Waals surface area contributed by atoms with E-state index in [0.717, 1.165) is 23.9 Å². The van der Waals surface area contributed by atoms with Crippen LogP contribution in [0.3, 0.4) is 0 Å². The highest BCUT2D eigenvalue weighted by Crippen LogP contribution is 2.28. The molecular weight excluding hydrogens is 208 g/mol. The van der Waals surface area contributed by atoms with Gasteiger partial charge in [0.25, 0.3) is 0 Å². The maximum absolute atomic E-state index is 5.97. The third-order valence-electron chi connectivity index (χ3n) is 3.74. The Morgan fingerprint density at radius 3 is 2.47 bits per heavy atom. The standard InChI is InChI=1S/C15H24N2/c1-4-13-8-14(5-6-15(13)16)17-9-11(2)7-12(3)10-17/h5-6,8,11-12H,4,7,9-10,16H2,1-3H3. The van der Waals surface area contributed by atoms with E-state index in [1.54, 1.807) is 0 Å². The summed E-state index contributed by atoms with van der Waals surface area (Å²) in [4.78, 5) is 2.51. The first-order chi connectivity index (χ1) is 8.10. The molecule has 1 aliphatic heterocycles. The molecule has 0 radical (unpaired) electrons. The number of benzene rings is 1. The molecule has 2 rings (SSSR count). The number of piperidine rings is 1. The molecule has 0 amide bonds. The fourth-order valence-corrected chi connectivity index (χ4v) is 2.97. The number of aryl methyl sites for hydroxylation is 1. The fraction of sp³-hybridized carbons (Fsp3) is 0.600. The molecule has 2 nitrogen and oxygen atoms in total. The number of anilines is 2. The Balaban J connectivity index is 2.21. The Kier molecular flexibility index (Phi) is 3.60. The molecule has 0 spiro atoms. The van der Waals surface area contributed by atoms with E-state index in [9.17, 15) is 0 Å². The second kappa shape index (κ2) is 4.99. The van der Waals surface area contributed by atoms with Crippen molar-refractivity contribution in [3.8, 4) is 0 Å². The predicted molar refractivity (Wildman–Crippen MR) is 75.4 cm³/mol. The van der Waals surface area contributed by atoms with Gasteiger partial charge in [0, 0.05) is 24.5 Å². The van der Waals surface area contributed by atoms with Crippen LogP contribution in [0.4, 0.5) is 11.4 Å². The van der Waals surface area contributed by atoms with Gasteiger partial charge in [0.1, 0.15) is 0 Å². The summed E-state index contributed by atoms with van der Waals surface area (Å²) < 4.78 is 0. The lowest BCUT2D eigenvalue weighted by Gasteiger charge is -2.37. The first kappa shape index (κ1) is 12.3. The highest BCUT2D eigenvalue weighted by molar-refractivity contribution is 5.58. The van der Waals surface area contributed by atoms with Gasteiger partial charge in [0.05, 0.1) is 0 Å². The summed E-state index contributed by atoms with van der Waals surface area (Å²) in [5.74, 6) is 1.59. The van der Waals surface area contributed by atoms with E-state index in [1.165, 1.54) is 30.8 Å². The Hall–Kier alpha value is -1.18. The lowest BCUT2D eigenvalue weighted by atomic mass is 9.91. The minimum Gasteiger partial charge on any atom is -0.399 e. The molecule has 1 aromatic rings. The molecule has 1 heterocycles. The molecule has 1 aliphatic rings. The van der Waals surface area contributed by atoms with Crippen molar-refractivity contribution >= 4 is 11.4 Å². The molecule has 2 N–H and O–H groups in total. The first-order valence-corrected chi connectivity index (χ1v) is 6.73. The van der Waals surface area contributed by atoms with Gasteiger partial charge in [-0.2, -0.15) is 0 Å². The quantitative estimate of drug-likeness (QED) is 0.793. The van der Waals surface area contributed by atoms with Crippen molar-refractivity contribution in [2.45, 2.75) is 33.6 Å². The van der Waals surface area contributed by atoms with Crippen molar-refractivity contribution in [1.29, 1.82) is 0 Å². The first-order valence-electron chi connectivity index (χ1n) is 6.73. The lowest BCUT2D eigenvalue weighted by molar-refractivity contribution is 0.357. The molecular formula is C15H24N2. The van der Waals surface area contributed by atoms with Gasteiger partial charge in [0.2, 0.25) is 0 Å². The molecule has 2 atom stereocenters. The van der Waals surface area contributed by atoms with E-state index in [4.69, 9.17) is 5.73 Å². The van der Waals surface area contributed by atoms with E-state index in [1.807, 2.05) is 0 Å². The van der Waals surface area contributed by atoms with Crippen LogP contribution in [-0.2, 0) is 6.42 Å². The van der Waals surface area contributed by atoms with Crippen LogP contribution in [0.5, 0.6) is 0 Å². The van der Waals surface area contributed by atoms with Crippen LogP contribution in [0.1, 0.15) is 32.8 Å². The van der Waals surface area contributed by atoms with Gasteiger partial charge in [-0.15, -0.1) is 0 Å². The summed E-state index contributed by atoms with van der Waals surface area (Å²) >= 11 is 0. The molecule has 2 unspecified atom stereocenters. The second-order valence-corrected chi connectivity index (χ2v) is 5.59. The summed E-state index contributed by atoms with van der Waals surface area (Å²) in [5.41, 5.74) is 9.50. The Bertz CT molecular complexity index is 377. The molecule has 94 valence electrons. The summed E-state index contributed by atoms with van der Waals surface area (Å²) in [6.45, 7) is 9.22. The molecule has 0 aromatic heterocycles. The fourth-order valence-electron chi connectivity index (χ4n) is 2.97. The van der Waals surface area contributed by atoms with Crippen LogP contribution in [-0.4, -0.2) is 13.1 Å². The van der Waals surface area contributed by atoms with Gasteiger partial charge in [-0.3, -0.25) is 0 Å². The summed E-state index contributed by atoms with van der Waals surface area (Å²) in [6.07, 6.45) is 2.37. The minimum absolute atomic E-state index is 0.793. The van der Waals surface area contributed by atoms with Crippen molar-refractivity contribution in [3.63, 3.8) is 0 Å². The van der Waals surface area contributed by atoms with Gasteiger partial charge in [-0.1, -0.05) is 20.8 Å². The maximum atomic E-state index is 5.97. The molecule has 0 saturated carbocycles. The van der Waals surface area contributed by atoms with Crippen LogP contribution in [0.2, 0.25) is 0 Å². The highest BCUT2D eigenvalue weighted by atomic mass is 15.1. The van der Waals surface area contributed by atoms with Gasteiger partial charge in [0.15, 0.2) is 0 Å². The van der Waals surface area contributed by atoms with Gasteiger partial charge in [-0.25, -0.2) is 0 Å².